The lowest BCUT2D eigenvalue weighted by Gasteiger charge is -2.11. The molecule has 1 heterocycles. The van der Waals surface area contributed by atoms with Crippen molar-refractivity contribution in [3.63, 3.8) is 0 Å². The predicted molar refractivity (Wildman–Crippen MR) is 80.5 cm³/mol. The van der Waals surface area contributed by atoms with Crippen LogP contribution in [0.5, 0.6) is 5.75 Å². The van der Waals surface area contributed by atoms with Crippen LogP contribution in [-0.2, 0) is 10.0 Å². The minimum atomic E-state index is -3.93. The van der Waals surface area contributed by atoms with E-state index in [1.54, 1.807) is 0 Å². The highest BCUT2D eigenvalue weighted by Crippen LogP contribution is 2.28. The van der Waals surface area contributed by atoms with Gasteiger partial charge in [0.05, 0.1) is 18.1 Å². The van der Waals surface area contributed by atoms with Crippen molar-refractivity contribution in [2.24, 2.45) is 0 Å². The van der Waals surface area contributed by atoms with E-state index in [1.165, 1.54) is 19.2 Å². The second-order valence-electron chi connectivity index (χ2n) is 5.07. The molecule has 1 atom stereocenters. The Labute approximate surface area is 129 Å². The Kier molecular flexibility index (Phi) is 5.33. The summed E-state index contributed by atoms with van der Waals surface area (Å²) in [5.74, 6) is 0.237. The lowest BCUT2D eigenvalue weighted by molar-refractivity contribution is -0.387. The number of benzene rings is 1. The highest BCUT2D eigenvalue weighted by molar-refractivity contribution is 7.89. The van der Waals surface area contributed by atoms with Gasteiger partial charge in [-0.1, -0.05) is 0 Å². The van der Waals surface area contributed by atoms with Crippen molar-refractivity contribution < 1.29 is 18.1 Å². The Balaban J connectivity index is 2.12. The van der Waals surface area contributed by atoms with E-state index in [1.807, 2.05) is 0 Å². The number of nitro groups is 1. The Morgan fingerprint density at radius 3 is 2.86 bits per heavy atom. The number of sulfonamides is 1. The molecule has 0 spiro atoms. The predicted octanol–water partition coefficient (Wildman–Crippen LogP) is 1.02. The van der Waals surface area contributed by atoms with Gasteiger partial charge in [-0.05, 0) is 37.9 Å². The maximum absolute atomic E-state index is 12.3. The SMILES string of the molecule is COc1ccc(S(=O)(=O)NCC[C@H]2CCCN2)c([N+](=O)[O-])c1. The number of nitro benzene ring substituents is 1. The van der Waals surface area contributed by atoms with Crippen LogP contribution in [0.4, 0.5) is 5.69 Å². The molecule has 0 radical (unpaired) electrons. The van der Waals surface area contributed by atoms with Crippen LogP contribution in [-0.4, -0.2) is 39.6 Å². The van der Waals surface area contributed by atoms with E-state index >= 15 is 0 Å². The summed E-state index contributed by atoms with van der Waals surface area (Å²) >= 11 is 0. The molecule has 0 bridgehead atoms. The monoisotopic (exact) mass is 329 g/mol. The zero-order valence-electron chi connectivity index (χ0n) is 12.2. The van der Waals surface area contributed by atoms with Crippen LogP contribution in [0.3, 0.4) is 0 Å². The Morgan fingerprint density at radius 1 is 1.50 bits per heavy atom. The Bertz CT molecular complexity index is 641. The summed E-state index contributed by atoms with van der Waals surface area (Å²) in [6, 6.07) is 3.98. The average Bonchev–Trinajstić information content (AvgIpc) is 2.99. The summed E-state index contributed by atoms with van der Waals surface area (Å²) < 4.78 is 31.8. The van der Waals surface area contributed by atoms with Crippen molar-refractivity contribution in [1.82, 2.24) is 10.0 Å². The fraction of sp³-hybridized carbons (Fsp3) is 0.538. The zero-order chi connectivity index (χ0) is 16.2. The van der Waals surface area contributed by atoms with Crippen LogP contribution in [0.2, 0.25) is 0 Å². The summed E-state index contributed by atoms with van der Waals surface area (Å²) in [5, 5.41) is 14.3. The smallest absolute Gasteiger partial charge is 0.293 e. The van der Waals surface area contributed by atoms with Gasteiger partial charge in [-0.25, -0.2) is 13.1 Å². The quantitative estimate of drug-likeness (QED) is 0.571. The number of methoxy groups -OCH3 is 1. The van der Waals surface area contributed by atoms with Crippen molar-refractivity contribution in [1.29, 1.82) is 0 Å². The normalized spacial score (nSPS) is 18.3. The summed E-state index contributed by atoms with van der Waals surface area (Å²) in [5.41, 5.74) is -0.495. The second-order valence-corrected chi connectivity index (χ2v) is 6.81. The number of hydrogen-bond donors (Lipinski definition) is 2. The third-order valence-electron chi connectivity index (χ3n) is 3.60. The molecule has 1 saturated heterocycles. The number of rotatable bonds is 7. The lowest BCUT2D eigenvalue weighted by Crippen LogP contribution is -2.31. The summed E-state index contributed by atoms with van der Waals surface area (Å²) in [4.78, 5) is 9.99. The fourth-order valence-electron chi connectivity index (χ4n) is 2.44. The van der Waals surface area contributed by atoms with E-state index in [0.717, 1.165) is 25.5 Å². The molecular weight excluding hydrogens is 310 g/mol. The molecule has 1 aliphatic heterocycles. The highest BCUT2D eigenvalue weighted by Gasteiger charge is 2.26. The maximum atomic E-state index is 12.3. The number of hydrogen-bond acceptors (Lipinski definition) is 6. The molecule has 0 saturated carbocycles. The maximum Gasteiger partial charge on any atom is 0.293 e. The van der Waals surface area contributed by atoms with Gasteiger partial charge in [-0.2, -0.15) is 0 Å². The van der Waals surface area contributed by atoms with Crippen LogP contribution in [0, 0.1) is 10.1 Å². The summed E-state index contributed by atoms with van der Waals surface area (Å²) in [6.07, 6.45) is 2.76. The van der Waals surface area contributed by atoms with Gasteiger partial charge in [0, 0.05) is 12.6 Å². The van der Waals surface area contributed by atoms with Crippen molar-refractivity contribution in [3.05, 3.63) is 28.3 Å². The van der Waals surface area contributed by atoms with Gasteiger partial charge in [0.25, 0.3) is 5.69 Å². The van der Waals surface area contributed by atoms with Crippen LogP contribution < -0.4 is 14.8 Å². The largest absolute Gasteiger partial charge is 0.497 e. The molecular formula is C13H19N3O5S. The molecule has 9 heteroatoms. The van der Waals surface area contributed by atoms with Crippen molar-refractivity contribution in [3.8, 4) is 5.75 Å². The van der Waals surface area contributed by atoms with E-state index in [-0.39, 0.29) is 17.2 Å². The molecule has 0 amide bonds. The van der Waals surface area contributed by atoms with Gasteiger partial charge >= 0.3 is 0 Å². The molecule has 1 aromatic rings. The van der Waals surface area contributed by atoms with Gasteiger partial charge in [0.2, 0.25) is 10.0 Å². The van der Waals surface area contributed by atoms with E-state index in [0.29, 0.717) is 12.5 Å². The van der Waals surface area contributed by atoms with E-state index < -0.39 is 20.6 Å². The first kappa shape index (κ1) is 16.7. The molecule has 8 nitrogen and oxygen atoms in total. The lowest BCUT2D eigenvalue weighted by atomic mass is 10.2. The standard InChI is InChI=1S/C13H19N3O5S/c1-21-11-4-5-13(12(9-11)16(17)18)22(19,20)15-8-6-10-3-2-7-14-10/h4-5,9-10,14-15H,2-3,6-8H2,1H3/t10-/m1/s1. The van der Waals surface area contributed by atoms with Crippen LogP contribution in [0.15, 0.2) is 23.1 Å². The third-order valence-corrected chi connectivity index (χ3v) is 5.11. The van der Waals surface area contributed by atoms with Crippen LogP contribution in [0.25, 0.3) is 0 Å². The van der Waals surface area contributed by atoms with Gasteiger partial charge in [-0.15, -0.1) is 0 Å². The highest BCUT2D eigenvalue weighted by atomic mass is 32.2. The molecule has 0 aliphatic carbocycles. The minimum absolute atomic E-state index is 0.237. The molecule has 0 unspecified atom stereocenters. The average molecular weight is 329 g/mol. The zero-order valence-corrected chi connectivity index (χ0v) is 13.1. The first-order valence-electron chi connectivity index (χ1n) is 6.99. The number of nitrogens with one attached hydrogen (secondary N) is 2. The summed E-state index contributed by atoms with van der Waals surface area (Å²) in [7, 11) is -2.57. The van der Waals surface area contributed by atoms with Crippen molar-refractivity contribution in [2.75, 3.05) is 20.2 Å². The first-order valence-corrected chi connectivity index (χ1v) is 8.48. The van der Waals surface area contributed by atoms with E-state index in [9.17, 15) is 18.5 Å². The fourth-order valence-corrected chi connectivity index (χ4v) is 3.64. The topological polar surface area (TPSA) is 111 Å². The molecule has 122 valence electrons. The van der Waals surface area contributed by atoms with Gasteiger partial charge in [0.15, 0.2) is 4.90 Å². The Morgan fingerprint density at radius 2 is 2.27 bits per heavy atom. The first-order chi connectivity index (χ1) is 10.4. The molecule has 2 rings (SSSR count). The molecule has 1 aromatic carbocycles. The molecule has 1 fully saturated rings. The van der Waals surface area contributed by atoms with E-state index in [4.69, 9.17) is 4.74 Å². The molecule has 22 heavy (non-hydrogen) atoms. The van der Waals surface area contributed by atoms with Crippen molar-refractivity contribution >= 4 is 15.7 Å². The minimum Gasteiger partial charge on any atom is -0.497 e. The molecule has 1 aliphatic rings. The number of nitrogens with zero attached hydrogens (tertiary/aromatic N) is 1. The van der Waals surface area contributed by atoms with Gasteiger partial charge in [0.1, 0.15) is 5.75 Å². The molecule has 0 aromatic heterocycles. The van der Waals surface area contributed by atoms with Gasteiger partial charge < -0.3 is 10.1 Å². The second kappa shape index (κ2) is 7.03. The summed E-state index contributed by atoms with van der Waals surface area (Å²) in [6.45, 7) is 1.19. The Hall–Kier alpha value is -1.71. The van der Waals surface area contributed by atoms with Crippen molar-refractivity contribution in [2.45, 2.75) is 30.2 Å². The van der Waals surface area contributed by atoms with Gasteiger partial charge in [-0.3, -0.25) is 10.1 Å². The van der Waals surface area contributed by atoms with Crippen LogP contribution in [0.1, 0.15) is 19.3 Å². The molecule has 2 N–H and O–H groups in total. The third kappa shape index (κ3) is 3.93. The number of ether oxygens (including phenoxy) is 1. The van der Waals surface area contributed by atoms with Crippen LogP contribution >= 0.6 is 0 Å². The van der Waals surface area contributed by atoms with E-state index in [2.05, 4.69) is 10.0 Å².